The molecule has 1 amide bonds. The Balaban J connectivity index is 1.44. The van der Waals surface area contributed by atoms with Crippen LogP contribution in [0.25, 0.3) is 0 Å². The summed E-state index contributed by atoms with van der Waals surface area (Å²) in [5, 5.41) is 3.05. The van der Waals surface area contributed by atoms with Crippen LogP contribution < -0.4 is 25.6 Å². The van der Waals surface area contributed by atoms with Gasteiger partial charge in [-0.2, -0.15) is 0 Å². The lowest BCUT2D eigenvalue weighted by Crippen LogP contribution is -2.34. The Morgan fingerprint density at radius 3 is 2.69 bits per heavy atom. The van der Waals surface area contributed by atoms with Gasteiger partial charge in [0.05, 0.1) is 12.0 Å². The number of carbonyl (C=O) groups excluding carboxylic acids is 1. The summed E-state index contributed by atoms with van der Waals surface area (Å²) in [6.07, 6.45) is 0. The van der Waals surface area contributed by atoms with Gasteiger partial charge in [0.15, 0.2) is 11.5 Å². The number of aryl methyl sites for hydroxylation is 1. The fourth-order valence-corrected chi connectivity index (χ4v) is 3.34. The minimum Gasteiger partial charge on any atom is -0.486 e. The molecule has 3 N–H and O–H groups in total. The lowest BCUT2D eigenvalue weighted by atomic mass is 9.93. The topological polar surface area (TPSA) is 71.6 Å². The van der Waals surface area contributed by atoms with Gasteiger partial charge in [0, 0.05) is 13.1 Å². The highest BCUT2D eigenvalue weighted by molar-refractivity contribution is 5.80. The number of carbonyl (C=O) groups is 1. The van der Waals surface area contributed by atoms with E-state index in [0.29, 0.717) is 26.3 Å². The van der Waals surface area contributed by atoms with Crippen molar-refractivity contribution < 1.29 is 14.3 Å². The number of amides is 1. The number of hydrazine groups is 1. The predicted octanol–water partition coefficient (Wildman–Crippen LogP) is 1.85. The van der Waals surface area contributed by atoms with Crippen LogP contribution in [-0.2, 0) is 11.3 Å². The first-order valence-corrected chi connectivity index (χ1v) is 8.92. The molecule has 2 heterocycles. The van der Waals surface area contributed by atoms with Crippen LogP contribution in [0.1, 0.15) is 22.7 Å². The van der Waals surface area contributed by atoms with Gasteiger partial charge in [0.25, 0.3) is 0 Å². The summed E-state index contributed by atoms with van der Waals surface area (Å²) in [5.74, 6) is 1.33. The Morgan fingerprint density at radius 2 is 1.88 bits per heavy atom. The molecule has 2 aromatic carbocycles. The lowest BCUT2D eigenvalue weighted by Gasteiger charge is -2.22. The Morgan fingerprint density at radius 1 is 1.12 bits per heavy atom. The predicted molar refractivity (Wildman–Crippen MR) is 97.8 cm³/mol. The number of benzene rings is 2. The molecule has 6 heteroatoms. The maximum Gasteiger partial charge on any atom is 0.226 e. The molecule has 0 bridgehead atoms. The van der Waals surface area contributed by atoms with E-state index in [4.69, 9.17) is 9.47 Å². The first-order valence-electron chi connectivity index (χ1n) is 8.92. The second-order valence-corrected chi connectivity index (χ2v) is 6.72. The van der Waals surface area contributed by atoms with E-state index >= 15 is 0 Å². The van der Waals surface area contributed by atoms with E-state index in [1.54, 1.807) is 0 Å². The SMILES string of the molecule is Cc1ccc(CNC(=O)C2CNNC2c2ccc3c(c2)OCCO3)cc1. The number of rotatable bonds is 4. The van der Waals surface area contributed by atoms with Gasteiger partial charge in [0.2, 0.25) is 5.91 Å². The van der Waals surface area contributed by atoms with E-state index in [-0.39, 0.29) is 17.9 Å². The van der Waals surface area contributed by atoms with E-state index < -0.39 is 0 Å². The highest BCUT2D eigenvalue weighted by Gasteiger charge is 2.34. The van der Waals surface area contributed by atoms with Crippen LogP contribution in [0.15, 0.2) is 42.5 Å². The Hall–Kier alpha value is -2.57. The van der Waals surface area contributed by atoms with Crippen molar-refractivity contribution in [3.63, 3.8) is 0 Å². The van der Waals surface area contributed by atoms with Gasteiger partial charge in [0.1, 0.15) is 13.2 Å². The summed E-state index contributed by atoms with van der Waals surface area (Å²) in [6, 6.07) is 13.9. The minimum atomic E-state index is -0.192. The fourth-order valence-electron chi connectivity index (χ4n) is 3.34. The summed E-state index contributed by atoms with van der Waals surface area (Å²) in [7, 11) is 0. The number of ether oxygens (including phenoxy) is 2. The van der Waals surface area contributed by atoms with Crippen LogP contribution in [0, 0.1) is 12.8 Å². The molecule has 0 saturated carbocycles. The number of hydrogen-bond acceptors (Lipinski definition) is 5. The second-order valence-electron chi connectivity index (χ2n) is 6.72. The van der Waals surface area contributed by atoms with Crippen molar-refractivity contribution in [2.45, 2.75) is 19.5 Å². The zero-order valence-electron chi connectivity index (χ0n) is 14.7. The first-order chi connectivity index (χ1) is 12.7. The van der Waals surface area contributed by atoms with Crippen LogP contribution in [0.3, 0.4) is 0 Å². The van der Waals surface area contributed by atoms with E-state index in [1.165, 1.54) is 5.56 Å². The molecule has 26 heavy (non-hydrogen) atoms. The van der Waals surface area contributed by atoms with E-state index in [0.717, 1.165) is 22.6 Å². The second kappa shape index (κ2) is 7.35. The normalized spacial score (nSPS) is 21.4. The molecule has 2 aliphatic heterocycles. The summed E-state index contributed by atoms with van der Waals surface area (Å²) in [6.45, 7) is 4.28. The standard InChI is InChI=1S/C20H23N3O3/c1-13-2-4-14(5-3-13)11-21-20(24)16-12-22-23-19(16)15-6-7-17-18(10-15)26-9-8-25-17/h2-7,10,16,19,22-23H,8-9,11-12H2,1H3,(H,21,24). The maximum absolute atomic E-state index is 12.7. The monoisotopic (exact) mass is 353 g/mol. The van der Waals surface area contributed by atoms with Crippen molar-refractivity contribution >= 4 is 5.91 Å². The Bertz CT molecular complexity index is 791. The van der Waals surface area contributed by atoms with Gasteiger partial charge in [-0.25, -0.2) is 5.43 Å². The van der Waals surface area contributed by atoms with Crippen molar-refractivity contribution in [1.82, 2.24) is 16.2 Å². The molecule has 2 atom stereocenters. The molecule has 136 valence electrons. The van der Waals surface area contributed by atoms with E-state index in [9.17, 15) is 4.79 Å². The molecule has 2 unspecified atom stereocenters. The molecule has 6 nitrogen and oxygen atoms in total. The molecule has 2 aliphatic rings. The van der Waals surface area contributed by atoms with Gasteiger partial charge in [-0.1, -0.05) is 35.9 Å². The van der Waals surface area contributed by atoms with Crippen molar-refractivity contribution in [3.8, 4) is 11.5 Å². The van der Waals surface area contributed by atoms with Crippen molar-refractivity contribution in [1.29, 1.82) is 0 Å². The zero-order valence-corrected chi connectivity index (χ0v) is 14.7. The van der Waals surface area contributed by atoms with Crippen molar-refractivity contribution in [2.24, 2.45) is 5.92 Å². The third-order valence-corrected chi connectivity index (χ3v) is 4.83. The third kappa shape index (κ3) is 3.52. The summed E-state index contributed by atoms with van der Waals surface area (Å²) in [4.78, 5) is 12.7. The van der Waals surface area contributed by atoms with Crippen molar-refractivity contribution in [3.05, 3.63) is 59.2 Å². The molecular formula is C20H23N3O3. The molecular weight excluding hydrogens is 330 g/mol. The van der Waals surface area contributed by atoms with Gasteiger partial charge in [-0.3, -0.25) is 10.2 Å². The maximum atomic E-state index is 12.7. The fraction of sp³-hybridized carbons (Fsp3) is 0.350. The van der Waals surface area contributed by atoms with E-state index in [1.807, 2.05) is 30.3 Å². The number of fused-ring (bicyclic) bond motifs is 1. The van der Waals surface area contributed by atoms with Gasteiger partial charge < -0.3 is 14.8 Å². The minimum absolute atomic E-state index is 0.0305. The number of nitrogens with one attached hydrogen (secondary N) is 3. The van der Waals surface area contributed by atoms with Crippen LogP contribution in [0.5, 0.6) is 11.5 Å². The van der Waals surface area contributed by atoms with Crippen LogP contribution in [-0.4, -0.2) is 25.7 Å². The smallest absolute Gasteiger partial charge is 0.226 e. The average molecular weight is 353 g/mol. The Kier molecular flexibility index (Phi) is 4.77. The summed E-state index contributed by atoms with van der Waals surface area (Å²) < 4.78 is 11.2. The van der Waals surface area contributed by atoms with Crippen LogP contribution in [0.4, 0.5) is 0 Å². The molecule has 1 saturated heterocycles. The van der Waals surface area contributed by atoms with Crippen LogP contribution >= 0.6 is 0 Å². The van der Waals surface area contributed by atoms with Gasteiger partial charge >= 0.3 is 0 Å². The van der Waals surface area contributed by atoms with E-state index in [2.05, 4.69) is 35.2 Å². The highest BCUT2D eigenvalue weighted by Crippen LogP contribution is 2.35. The third-order valence-electron chi connectivity index (χ3n) is 4.83. The van der Waals surface area contributed by atoms with Gasteiger partial charge in [-0.05, 0) is 30.2 Å². The molecule has 0 aromatic heterocycles. The molecule has 4 rings (SSSR count). The highest BCUT2D eigenvalue weighted by atomic mass is 16.6. The largest absolute Gasteiger partial charge is 0.486 e. The average Bonchev–Trinajstić information content (AvgIpc) is 3.17. The summed E-state index contributed by atoms with van der Waals surface area (Å²) >= 11 is 0. The van der Waals surface area contributed by atoms with Crippen LogP contribution in [0.2, 0.25) is 0 Å². The molecule has 1 fully saturated rings. The summed E-state index contributed by atoms with van der Waals surface area (Å²) in [5.41, 5.74) is 9.63. The quantitative estimate of drug-likeness (QED) is 0.782. The van der Waals surface area contributed by atoms with Gasteiger partial charge in [-0.15, -0.1) is 0 Å². The lowest BCUT2D eigenvalue weighted by molar-refractivity contribution is -0.125. The molecule has 0 spiro atoms. The molecule has 0 radical (unpaired) electrons. The zero-order chi connectivity index (χ0) is 17.9. The number of hydrogen-bond donors (Lipinski definition) is 3. The van der Waals surface area contributed by atoms with Crippen molar-refractivity contribution in [2.75, 3.05) is 19.8 Å². The molecule has 0 aliphatic carbocycles. The molecule has 2 aromatic rings. The first kappa shape index (κ1) is 16.9. The Labute approximate surface area is 152 Å².